The fourth-order valence-corrected chi connectivity index (χ4v) is 3.83. The van der Waals surface area contributed by atoms with Crippen molar-refractivity contribution in [3.05, 3.63) is 0 Å². The zero-order valence-corrected chi connectivity index (χ0v) is 20.3. The van der Waals surface area contributed by atoms with Crippen LogP contribution in [0.25, 0.3) is 0 Å². The standard InChI is InChI=1S/C20H39N5O.HI/c1-17(18(26)24-11-6-7-12-24)23-13-15-25(16-14-23)19(21-5)22-10-8-9-20(2,3)4;/h17H,6-16H2,1-5H3,(H,21,22);1H. The molecule has 2 heterocycles. The van der Waals surface area contributed by atoms with E-state index in [4.69, 9.17) is 0 Å². The van der Waals surface area contributed by atoms with Crippen molar-refractivity contribution in [3.63, 3.8) is 0 Å². The molecule has 2 saturated heterocycles. The fraction of sp³-hybridized carbons (Fsp3) is 0.900. The number of carbonyl (C=O) groups excluding carboxylic acids is 1. The largest absolute Gasteiger partial charge is 0.356 e. The van der Waals surface area contributed by atoms with E-state index in [1.54, 1.807) is 0 Å². The lowest BCUT2D eigenvalue weighted by Crippen LogP contribution is -2.57. The molecule has 7 heteroatoms. The number of hydrogen-bond donors (Lipinski definition) is 1. The van der Waals surface area contributed by atoms with Crippen LogP contribution in [-0.2, 0) is 4.79 Å². The number of nitrogens with one attached hydrogen (secondary N) is 1. The van der Waals surface area contributed by atoms with Crippen molar-refractivity contribution in [1.82, 2.24) is 20.0 Å². The lowest BCUT2D eigenvalue weighted by molar-refractivity contribution is -0.135. The number of amides is 1. The number of nitrogens with zero attached hydrogens (tertiary/aromatic N) is 4. The molecule has 1 unspecified atom stereocenters. The maximum atomic E-state index is 12.6. The predicted octanol–water partition coefficient (Wildman–Crippen LogP) is 2.63. The molecule has 0 spiro atoms. The van der Waals surface area contributed by atoms with Gasteiger partial charge >= 0.3 is 0 Å². The van der Waals surface area contributed by atoms with E-state index in [1.807, 2.05) is 11.9 Å². The summed E-state index contributed by atoms with van der Waals surface area (Å²) in [7, 11) is 1.86. The van der Waals surface area contributed by atoms with Gasteiger partial charge in [0.15, 0.2) is 5.96 Å². The molecule has 0 bridgehead atoms. The molecular formula is C20H40IN5O. The van der Waals surface area contributed by atoms with Crippen molar-refractivity contribution in [3.8, 4) is 0 Å². The van der Waals surface area contributed by atoms with Crippen LogP contribution in [0, 0.1) is 5.41 Å². The maximum Gasteiger partial charge on any atom is 0.239 e. The minimum absolute atomic E-state index is 0. The van der Waals surface area contributed by atoms with E-state index in [-0.39, 0.29) is 30.0 Å². The lowest BCUT2D eigenvalue weighted by Gasteiger charge is -2.39. The van der Waals surface area contributed by atoms with Crippen LogP contribution in [-0.4, -0.2) is 85.5 Å². The van der Waals surface area contributed by atoms with Crippen molar-refractivity contribution in [2.45, 2.75) is 59.4 Å². The number of piperazine rings is 1. The van der Waals surface area contributed by atoms with Crippen molar-refractivity contribution < 1.29 is 4.79 Å². The Hall–Kier alpha value is -0.570. The molecule has 1 amide bonds. The highest BCUT2D eigenvalue weighted by Gasteiger charge is 2.30. The van der Waals surface area contributed by atoms with Crippen LogP contribution in [0.3, 0.4) is 0 Å². The van der Waals surface area contributed by atoms with Gasteiger partial charge in [-0.1, -0.05) is 20.8 Å². The van der Waals surface area contributed by atoms with Gasteiger partial charge in [0.1, 0.15) is 0 Å². The Bertz CT molecular complexity index is 477. The molecule has 2 aliphatic heterocycles. The molecule has 2 fully saturated rings. The van der Waals surface area contributed by atoms with E-state index in [0.29, 0.717) is 11.3 Å². The predicted molar refractivity (Wildman–Crippen MR) is 124 cm³/mol. The van der Waals surface area contributed by atoms with E-state index < -0.39 is 0 Å². The summed E-state index contributed by atoms with van der Waals surface area (Å²) in [6.45, 7) is 15.5. The highest BCUT2D eigenvalue weighted by Crippen LogP contribution is 2.20. The molecule has 0 aromatic heterocycles. The fourth-order valence-electron chi connectivity index (χ4n) is 3.83. The van der Waals surface area contributed by atoms with Crippen LogP contribution in [0.15, 0.2) is 4.99 Å². The Morgan fingerprint density at radius 1 is 1.04 bits per heavy atom. The second-order valence-corrected chi connectivity index (χ2v) is 8.87. The second-order valence-electron chi connectivity index (χ2n) is 8.87. The molecule has 2 aliphatic rings. The summed E-state index contributed by atoms with van der Waals surface area (Å²) in [5, 5.41) is 3.51. The van der Waals surface area contributed by atoms with Gasteiger partial charge in [0, 0.05) is 52.9 Å². The summed E-state index contributed by atoms with van der Waals surface area (Å²) in [4.78, 5) is 23.7. The number of rotatable bonds is 5. The number of guanidine groups is 1. The summed E-state index contributed by atoms with van der Waals surface area (Å²) < 4.78 is 0. The monoisotopic (exact) mass is 493 g/mol. The normalized spacial score (nSPS) is 20.4. The Kier molecular flexibility index (Phi) is 10.4. The smallest absolute Gasteiger partial charge is 0.239 e. The number of carbonyl (C=O) groups is 1. The van der Waals surface area contributed by atoms with E-state index >= 15 is 0 Å². The van der Waals surface area contributed by atoms with E-state index in [2.05, 4.69) is 47.8 Å². The Balaban J connectivity index is 0.00000364. The van der Waals surface area contributed by atoms with Gasteiger partial charge in [-0.3, -0.25) is 14.7 Å². The highest BCUT2D eigenvalue weighted by molar-refractivity contribution is 14.0. The molecule has 1 atom stereocenters. The van der Waals surface area contributed by atoms with Crippen molar-refractivity contribution >= 4 is 35.8 Å². The van der Waals surface area contributed by atoms with Gasteiger partial charge in [0.2, 0.25) is 5.91 Å². The van der Waals surface area contributed by atoms with Crippen molar-refractivity contribution in [2.75, 3.05) is 52.9 Å². The molecule has 1 N–H and O–H groups in total. The first-order chi connectivity index (χ1) is 12.3. The van der Waals surface area contributed by atoms with Gasteiger partial charge in [-0.05, 0) is 38.0 Å². The molecule has 6 nitrogen and oxygen atoms in total. The molecule has 0 radical (unpaired) electrons. The minimum Gasteiger partial charge on any atom is -0.356 e. The molecule has 0 aromatic rings. The first kappa shape index (κ1) is 24.5. The average molecular weight is 493 g/mol. The highest BCUT2D eigenvalue weighted by atomic mass is 127. The van der Waals surface area contributed by atoms with Crippen LogP contribution in [0.4, 0.5) is 0 Å². The van der Waals surface area contributed by atoms with E-state index in [1.165, 1.54) is 6.42 Å². The molecule has 0 saturated carbocycles. The van der Waals surface area contributed by atoms with Crippen molar-refractivity contribution in [1.29, 1.82) is 0 Å². The van der Waals surface area contributed by atoms with Gasteiger partial charge in [-0.15, -0.1) is 24.0 Å². The minimum atomic E-state index is -0.00277. The quantitative estimate of drug-likeness (QED) is 0.277. The van der Waals surface area contributed by atoms with E-state index in [0.717, 1.165) is 71.0 Å². The third-order valence-corrected chi connectivity index (χ3v) is 5.54. The van der Waals surface area contributed by atoms with Gasteiger partial charge in [0.05, 0.1) is 6.04 Å². The van der Waals surface area contributed by atoms with Gasteiger partial charge in [-0.25, -0.2) is 0 Å². The van der Waals surface area contributed by atoms with Crippen LogP contribution in [0.5, 0.6) is 0 Å². The van der Waals surface area contributed by atoms with Crippen LogP contribution in [0.2, 0.25) is 0 Å². The number of aliphatic imine (C=N–C) groups is 1. The van der Waals surface area contributed by atoms with Crippen LogP contribution in [0.1, 0.15) is 53.4 Å². The molecule has 27 heavy (non-hydrogen) atoms. The van der Waals surface area contributed by atoms with Gasteiger partial charge in [-0.2, -0.15) is 0 Å². The average Bonchev–Trinajstić information content (AvgIpc) is 3.14. The molecule has 0 aromatic carbocycles. The summed E-state index contributed by atoms with van der Waals surface area (Å²) >= 11 is 0. The molecule has 0 aliphatic carbocycles. The Morgan fingerprint density at radius 2 is 1.63 bits per heavy atom. The second kappa shape index (κ2) is 11.4. The Labute approximate surface area is 183 Å². The number of hydrogen-bond acceptors (Lipinski definition) is 3. The van der Waals surface area contributed by atoms with Gasteiger partial charge in [0.25, 0.3) is 0 Å². The van der Waals surface area contributed by atoms with Crippen LogP contribution >= 0.6 is 24.0 Å². The summed E-state index contributed by atoms with van der Waals surface area (Å²) in [5.74, 6) is 1.30. The summed E-state index contributed by atoms with van der Waals surface area (Å²) in [5.41, 5.74) is 0.384. The lowest BCUT2D eigenvalue weighted by atomic mass is 9.91. The third kappa shape index (κ3) is 7.75. The first-order valence-corrected chi connectivity index (χ1v) is 10.3. The zero-order valence-electron chi connectivity index (χ0n) is 18.0. The molecular weight excluding hydrogens is 453 g/mol. The Morgan fingerprint density at radius 3 is 2.15 bits per heavy atom. The topological polar surface area (TPSA) is 51.2 Å². The first-order valence-electron chi connectivity index (χ1n) is 10.3. The third-order valence-electron chi connectivity index (χ3n) is 5.54. The number of halogens is 1. The van der Waals surface area contributed by atoms with Crippen LogP contribution < -0.4 is 5.32 Å². The summed E-state index contributed by atoms with van der Waals surface area (Å²) in [6.07, 6.45) is 4.68. The van der Waals surface area contributed by atoms with Gasteiger partial charge < -0.3 is 15.1 Å². The SMILES string of the molecule is CN=C(NCCCC(C)(C)C)N1CCN(C(C)C(=O)N2CCCC2)CC1.I. The molecule has 2 rings (SSSR count). The zero-order chi connectivity index (χ0) is 19.2. The molecule has 158 valence electrons. The van der Waals surface area contributed by atoms with Crippen molar-refractivity contribution in [2.24, 2.45) is 10.4 Å². The summed E-state index contributed by atoms with van der Waals surface area (Å²) in [6, 6.07) is -0.00277. The number of likely N-dealkylation sites (tertiary alicyclic amines) is 1. The maximum absolute atomic E-state index is 12.6. The van der Waals surface area contributed by atoms with E-state index in [9.17, 15) is 4.79 Å².